The average molecular weight is 986 g/mol. The summed E-state index contributed by atoms with van der Waals surface area (Å²) < 4.78 is 31.6. The molecule has 0 amide bonds. The number of nitrogens with one attached hydrogen (secondary N) is 2. The molecule has 0 radical (unpaired) electrons. The monoisotopic (exact) mass is 985 g/mol. The zero-order valence-corrected chi connectivity index (χ0v) is 43.7. The molecule has 2 aromatic heterocycles. The van der Waals surface area contributed by atoms with Crippen LogP contribution >= 0.6 is 0 Å². The highest BCUT2D eigenvalue weighted by Gasteiger charge is 2.55. The minimum absolute atomic E-state index is 0.0752. The highest BCUT2D eigenvalue weighted by Crippen LogP contribution is 2.42. The first-order valence-corrected chi connectivity index (χ1v) is 28.0. The standard InChI is InChI=1S/C54H67N5O9Si2/c1-37-32-58(51(62)55-49(37)60)47-30-39(45(66-47)36-65-69(53(3,4)5,40-22-14-10-15-23-40)41-24-16-11-17-25-41)34-57(9)64-35-46-44(31-48(67-46)59-33-38(2)50(61)56-52(59)63)68-70(54(6,7)8,42-26-18-12-19-27-42)43-28-20-13-21-29-43/h10-29,32-33,39,44-48H,30-31,34-36H2,1-9H3,(H,55,60,62)(H,56,61,63)/t39-,44+,45-,46-,47-,48-/m1/s1. The number of nitrogens with zero attached hydrogens (tertiary/aromatic N) is 3. The van der Waals surface area contributed by atoms with Gasteiger partial charge < -0.3 is 18.3 Å². The van der Waals surface area contributed by atoms with Crippen molar-refractivity contribution < 1.29 is 23.2 Å². The molecule has 2 aliphatic rings. The number of benzene rings is 4. The quantitative estimate of drug-likeness (QED) is 0.0966. The number of aryl methyl sites for hydroxylation is 2. The van der Waals surface area contributed by atoms with Crippen molar-refractivity contribution in [2.24, 2.45) is 5.92 Å². The molecule has 6 aromatic rings. The van der Waals surface area contributed by atoms with Crippen LogP contribution in [0.25, 0.3) is 0 Å². The van der Waals surface area contributed by atoms with Gasteiger partial charge in [0, 0.05) is 49.5 Å². The Hall–Kier alpha value is -5.57. The normalized spacial score (nSPS) is 21.1. The first-order chi connectivity index (χ1) is 33.3. The van der Waals surface area contributed by atoms with E-state index < -0.39 is 69.9 Å². The van der Waals surface area contributed by atoms with Crippen molar-refractivity contribution >= 4 is 37.4 Å². The number of rotatable bonds is 16. The van der Waals surface area contributed by atoms with Gasteiger partial charge in [0.05, 0.1) is 25.4 Å². The summed E-state index contributed by atoms with van der Waals surface area (Å²) >= 11 is 0. The van der Waals surface area contributed by atoms with Gasteiger partial charge in [0.2, 0.25) is 0 Å². The molecule has 70 heavy (non-hydrogen) atoms. The number of aromatic nitrogens is 4. The third-order valence-corrected chi connectivity index (χ3v) is 24.1. The molecule has 4 aromatic carbocycles. The summed E-state index contributed by atoms with van der Waals surface area (Å²) in [5, 5.41) is 5.61. The smallest absolute Gasteiger partial charge is 0.330 e. The zero-order valence-electron chi connectivity index (χ0n) is 41.7. The lowest BCUT2D eigenvalue weighted by atomic mass is 10.0. The second-order valence-corrected chi connectivity index (χ2v) is 29.4. The molecule has 2 fully saturated rings. The molecule has 0 spiro atoms. The second kappa shape index (κ2) is 20.6. The predicted octanol–water partition coefficient (Wildman–Crippen LogP) is 5.28. The lowest BCUT2D eigenvalue weighted by molar-refractivity contribution is -0.185. The van der Waals surface area contributed by atoms with Gasteiger partial charge >= 0.3 is 11.4 Å². The Bertz CT molecular complexity index is 2870. The molecule has 2 N–H and O–H groups in total. The zero-order chi connectivity index (χ0) is 50.0. The molecule has 0 unspecified atom stereocenters. The van der Waals surface area contributed by atoms with Gasteiger partial charge in [-0.2, -0.15) is 5.06 Å². The predicted molar refractivity (Wildman–Crippen MR) is 277 cm³/mol. The fourth-order valence-electron chi connectivity index (χ4n) is 10.5. The summed E-state index contributed by atoms with van der Waals surface area (Å²) in [6.07, 6.45) is 0.762. The minimum Gasteiger partial charge on any atom is -0.405 e. The number of aromatic amines is 2. The highest BCUT2D eigenvalue weighted by atomic mass is 28.4. The highest BCUT2D eigenvalue weighted by molar-refractivity contribution is 7.00. The molecule has 14 nitrogen and oxygen atoms in total. The van der Waals surface area contributed by atoms with E-state index in [9.17, 15) is 19.2 Å². The number of ether oxygens (including phenoxy) is 2. The Morgan fingerprint density at radius 1 is 0.586 bits per heavy atom. The topological polar surface area (TPSA) is 159 Å². The van der Waals surface area contributed by atoms with Gasteiger partial charge in [-0.05, 0) is 51.1 Å². The van der Waals surface area contributed by atoms with E-state index in [1.165, 1.54) is 9.13 Å². The van der Waals surface area contributed by atoms with Crippen molar-refractivity contribution in [3.8, 4) is 0 Å². The molecule has 0 aliphatic carbocycles. The van der Waals surface area contributed by atoms with Crippen molar-refractivity contribution in [2.45, 2.75) is 109 Å². The molecule has 2 aliphatic heterocycles. The number of hydrogen-bond acceptors (Lipinski definition) is 10. The van der Waals surface area contributed by atoms with E-state index in [1.807, 2.05) is 55.6 Å². The first kappa shape index (κ1) is 50.8. The van der Waals surface area contributed by atoms with Crippen molar-refractivity contribution in [3.63, 3.8) is 0 Å². The van der Waals surface area contributed by atoms with Gasteiger partial charge in [-0.1, -0.05) is 163 Å². The molecule has 8 rings (SSSR count). The SMILES string of the molecule is Cc1cn([C@H]2C[C@H](CN(C)OC[C@H]3O[C@@H](n4cc(C)c(=O)[nH]c4=O)C[C@@H]3O[Si](c3ccccc3)(c3ccccc3)C(C)(C)C)[C@@H](CO[Si](c3ccccc3)(c3ccccc3)C(C)(C)C)O2)c(=O)[nH]c1=O. The molecular weight excluding hydrogens is 919 g/mol. The molecular formula is C54H67N5O9Si2. The Labute approximate surface area is 411 Å². The lowest BCUT2D eigenvalue weighted by Crippen LogP contribution is -2.68. The molecule has 6 atom stereocenters. The maximum absolute atomic E-state index is 13.4. The fourth-order valence-corrected chi connectivity index (χ4v) is 19.8. The van der Waals surface area contributed by atoms with Gasteiger partial charge in [0.1, 0.15) is 18.6 Å². The van der Waals surface area contributed by atoms with E-state index in [0.29, 0.717) is 30.5 Å². The Kier molecular flexibility index (Phi) is 15.0. The summed E-state index contributed by atoms with van der Waals surface area (Å²) in [6.45, 7) is 17.4. The number of hydrogen-bond donors (Lipinski definition) is 2. The van der Waals surface area contributed by atoms with Crippen LogP contribution in [0.5, 0.6) is 0 Å². The number of H-pyrrole nitrogens is 2. The van der Waals surface area contributed by atoms with E-state index in [4.69, 9.17) is 23.2 Å². The Morgan fingerprint density at radius 2 is 0.986 bits per heavy atom. The second-order valence-electron chi connectivity index (χ2n) is 20.8. The van der Waals surface area contributed by atoms with Crippen LogP contribution in [-0.2, 0) is 23.2 Å². The van der Waals surface area contributed by atoms with E-state index in [1.54, 1.807) is 31.3 Å². The van der Waals surface area contributed by atoms with Gasteiger partial charge in [-0.25, -0.2) is 9.59 Å². The van der Waals surface area contributed by atoms with E-state index in [-0.39, 0.29) is 29.2 Å². The van der Waals surface area contributed by atoms with Crippen LogP contribution in [0, 0.1) is 19.8 Å². The van der Waals surface area contributed by atoms with Crippen LogP contribution in [-0.4, -0.2) is 85.9 Å². The Morgan fingerprint density at radius 3 is 1.41 bits per heavy atom. The van der Waals surface area contributed by atoms with Crippen LogP contribution in [0.4, 0.5) is 0 Å². The summed E-state index contributed by atoms with van der Waals surface area (Å²) in [5.41, 5.74) is -1.22. The molecule has 0 saturated carbocycles. The van der Waals surface area contributed by atoms with Gasteiger partial charge in [0.25, 0.3) is 27.8 Å². The van der Waals surface area contributed by atoms with Crippen molar-refractivity contribution in [1.29, 1.82) is 0 Å². The summed E-state index contributed by atoms with van der Waals surface area (Å²) in [4.78, 5) is 63.3. The third-order valence-electron chi connectivity index (χ3n) is 14.0. The average Bonchev–Trinajstić information content (AvgIpc) is 3.93. The lowest BCUT2D eigenvalue weighted by Gasteiger charge is -2.45. The summed E-state index contributed by atoms with van der Waals surface area (Å²) in [5.74, 6) is -0.198. The van der Waals surface area contributed by atoms with E-state index in [2.05, 4.69) is 124 Å². The largest absolute Gasteiger partial charge is 0.405 e. The molecule has 2 saturated heterocycles. The van der Waals surface area contributed by atoms with Crippen LogP contribution in [0.2, 0.25) is 10.1 Å². The minimum atomic E-state index is -3.13. The van der Waals surface area contributed by atoms with Crippen LogP contribution < -0.4 is 43.2 Å². The van der Waals surface area contributed by atoms with Crippen molar-refractivity contribution in [2.75, 3.05) is 26.8 Å². The summed E-state index contributed by atoms with van der Waals surface area (Å²) in [6, 6.07) is 41.6. The summed E-state index contributed by atoms with van der Waals surface area (Å²) in [7, 11) is -4.26. The van der Waals surface area contributed by atoms with Crippen molar-refractivity contribution in [1.82, 2.24) is 24.2 Å². The van der Waals surface area contributed by atoms with Gasteiger partial charge in [0.15, 0.2) is 0 Å². The van der Waals surface area contributed by atoms with Crippen LogP contribution in [0.15, 0.2) is 153 Å². The number of hydroxylamine groups is 2. The maximum Gasteiger partial charge on any atom is 0.330 e. The van der Waals surface area contributed by atoms with Gasteiger partial charge in [-0.15, -0.1) is 0 Å². The molecule has 4 heterocycles. The first-order valence-electron chi connectivity index (χ1n) is 24.2. The van der Waals surface area contributed by atoms with E-state index >= 15 is 0 Å². The molecule has 370 valence electrons. The van der Waals surface area contributed by atoms with E-state index in [0.717, 1.165) is 20.7 Å². The molecule has 16 heteroatoms. The fraction of sp³-hybridized carbons (Fsp3) is 0.407. The Balaban J connectivity index is 1.10. The van der Waals surface area contributed by atoms with Crippen molar-refractivity contribution in [3.05, 3.63) is 187 Å². The van der Waals surface area contributed by atoms with Crippen LogP contribution in [0.1, 0.15) is 78.0 Å². The van der Waals surface area contributed by atoms with Gasteiger partial charge in [-0.3, -0.25) is 33.5 Å². The third kappa shape index (κ3) is 10.1. The molecule has 0 bridgehead atoms. The maximum atomic E-state index is 13.4. The van der Waals surface area contributed by atoms with Crippen LogP contribution in [0.3, 0.4) is 0 Å².